The summed E-state index contributed by atoms with van der Waals surface area (Å²) < 4.78 is 11.8. The molecule has 0 bridgehead atoms. The van der Waals surface area contributed by atoms with Crippen LogP contribution in [-0.4, -0.2) is 29.4 Å². The standard InChI is InChI=1S/C14H19BO4/c1-9-6-7-10(12(16)17)11(8-9)15-18-13(2,3)14(4,5)19-15/h6-8H,1-5H3,(H,16,17). The molecule has 0 unspecified atom stereocenters. The zero-order chi connectivity index (χ0) is 14.4. The number of benzene rings is 1. The maximum absolute atomic E-state index is 11.3. The van der Waals surface area contributed by atoms with Crippen molar-refractivity contribution in [3.05, 3.63) is 29.3 Å². The Hall–Kier alpha value is -1.33. The van der Waals surface area contributed by atoms with Crippen LogP contribution >= 0.6 is 0 Å². The molecule has 1 aromatic rings. The number of hydrogen-bond donors (Lipinski definition) is 1. The highest BCUT2D eigenvalue weighted by atomic mass is 16.7. The molecule has 19 heavy (non-hydrogen) atoms. The average molecular weight is 262 g/mol. The Kier molecular flexibility index (Phi) is 3.23. The molecule has 0 aliphatic carbocycles. The molecule has 0 amide bonds. The van der Waals surface area contributed by atoms with Crippen LogP contribution in [0.1, 0.15) is 43.6 Å². The second-order valence-corrected chi connectivity index (χ2v) is 5.98. The van der Waals surface area contributed by atoms with Crippen molar-refractivity contribution in [2.24, 2.45) is 0 Å². The van der Waals surface area contributed by atoms with Crippen molar-refractivity contribution in [2.45, 2.75) is 45.8 Å². The molecule has 0 radical (unpaired) electrons. The summed E-state index contributed by atoms with van der Waals surface area (Å²) in [5.41, 5.74) is 0.832. The Balaban J connectivity index is 2.44. The third-order valence-electron chi connectivity index (χ3n) is 3.94. The van der Waals surface area contributed by atoms with Crippen molar-refractivity contribution in [1.29, 1.82) is 0 Å². The van der Waals surface area contributed by atoms with E-state index in [-0.39, 0.29) is 5.56 Å². The van der Waals surface area contributed by atoms with Gasteiger partial charge in [-0.3, -0.25) is 0 Å². The van der Waals surface area contributed by atoms with E-state index in [0.717, 1.165) is 5.56 Å². The summed E-state index contributed by atoms with van der Waals surface area (Å²) in [6.07, 6.45) is 0. The second kappa shape index (κ2) is 4.35. The predicted octanol–water partition coefficient (Wildman–Crippen LogP) is 1.99. The summed E-state index contributed by atoms with van der Waals surface area (Å²) in [6.45, 7) is 9.71. The van der Waals surface area contributed by atoms with Crippen molar-refractivity contribution >= 4 is 18.6 Å². The number of carbonyl (C=O) groups is 1. The summed E-state index contributed by atoms with van der Waals surface area (Å²) in [7, 11) is -0.643. The van der Waals surface area contributed by atoms with Gasteiger partial charge in [0.15, 0.2) is 0 Å². The first-order valence-corrected chi connectivity index (χ1v) is 6.33. The van der Waals surface area contributed by atoms with Gasteiger partial charge >= 0.3 is 13.1 Å². The van der Waals surface area contributed by atoms with Gasteiger partial charge in [-0.15, -0.1) is 0 Å². The van der Waals surface area contributed by atoms with E-state index in [1.807, 2.05) is 40.7 Å². The molecule has 4 nitrogen and oxygen atoms in total. The molecule has 0 aromatic heterocycles. The van der Waals surface area contributed by atoms with Crippen molar-refractivity contribution < 1.29 is 19.2 Å². The van der Waals surface area contributed by atoms with Crippen LogP contribution in [0.5, 0.6) is 0 Å². The van der Waals surface area contributed by atoms with E-state index >= 15 is 0 Å². The summed E-state index contributed by atoms with van der Waals surface area (Å²) in [4.78, 5) is 11.3. The molecule has 2 rings (SSSR count). The number of hydrogen-bond acceptors (Lipinski definition) is 3. The van der Waals surface area contributed by atoms with Gasteiger partial charge in [0.25, 0.3) is 0 Å². The molecule has 0 spiro atoms. The minimum absolute atomic E-state index is 0.226. The third kappa shape index (κ3) is 2.40. The van der Waals surface area contributed by atoms with Crippen LogP contribution in [0.4, 0.5) is 0 Å². The molecule has 1 aliphatic rings. The zero-order valence-corrected chi connectivity index (χ0v) is 12.0. The van der Waals surface area contributed by atoms with E-state index in [4.69, 9.17) is 9.31 Å². The highest BCUT2D eigenvalue weighted by Crippen LogP contribution is 2.36. The molecule has 102 valence electrons. The molecule has 0 saturated carbocycles. The Morgan fingerprint density at radius 3 is 2.16 bits per heavy atom. The minimum Gasteiger partial charge on any atom is -0.478 e. The SMILES string of the molecule is Cc1ccc(C(=O)O)c(B2OC(C)(C)C(C)(C)O2)c1. The van der Waals surface area contributed by atoms with E-state index in [2.05, 4.69) is 0 Å². The summed E-state index contributed by atoms with van der Waals surface area (Å²) in [5.74, 6) is -0.968. The van der Waals surface area contributed by atoms with E-state index in [1.54, 1.807) is 12.1 Å². The number of rotatable bonds is 2. The number of aryl methyl sites for hydroxylation is 1. The van der Waals surface area contributed by atoms with Gasteiger partial charge in [-0.05, 0) is 46.1 Å². The molecule has 1 N–H and O–H groups in total. The molecule has 1 saturated heterocycles. The summed E-state index contributed by atoms with van der Waals surface area (Å²) in [5, 5.41) is 9.27. The van der Waals surface area contributed by atoms with Crippen molar-refractivity contribution in [3.63, 3.8) is 0 Å². The first-order valence-electron chi connectivity index (χ1n) is 6.33. The van der Waals surface area contributed by atoms with E-state index in [0.29, 0.717) is 5.46 Å². The maximum Gasteiger partial charge on any atom is 0.495 e. The highest BCUT2D eigenvalue weighted by Gasteiger charge is 2.52. The Morgan fingerprint density at radius 1 is 1.16 bits per heavy atom. The van der Waals surface area contributed by atoms with E-state index in [9.17, 15) is 9.90 Å². The van der Waals surface area contributed by atoms with Gasteiger partial charge in [0.05, 0.1) is 16.8 Å². The quantitative estimate of drug-likeness (QED) is 0.828. The number of carboxylic acids is 1. The van der Waals surface area contributed by atoms with Gasteiger partial charge < -0.3 is 14.4 Å². The minimum atomic E-state index is -0.968. The average Bonchev–Trinajstić information content (AvgIpc) is 2.47. The Labute approximate surface area is 113 Å². The van der Waals surface area contributed by atoms with Gasteiger partial charge in [-0.1, -0.05) is 17.7 Å². The molecule has 5 heteroatoms. The number of carboxylic acid groups (broad SMARTS) is 1. The van der Waals surface area contributed by atoms with Crippen LogP contribution in [0.3, 0.4) is 0 Å². The fourth-order valence-corrected chi connectivity index (χ4v) is 2.04. The molecular weight excluding hydrogens is 243 g/mol. The lowest BCUT2D eigenvalue weighted by atomic mass is 9.75. The summed E-state index contributed by atoms with van der Waals surface area (Å²) >= 11 is 0. The monoisotopic (exact) mass is 262 g/mol. The fraction of sp³-hybridized carbons (Fsp3) is 0.500. The van der Waals surface area contributed by atoms with Crippen molar-refractivity contribution in [1.82, 2.24) is 0 Å². The Morgan fingerprint density at radius 2 is 1.68 bits per heavy atom. The van der Waals surface area contributed by atoms with Crippen LogP contribution in [0, 0.1) is 6.92 Å². The molecule has 1 aliphatic heterocycles. The molecule has 1 heterocycles. The van der Waals surface area contributed by atoms with Gasteiger partial charge in [-0.2, -0.15) is 0 Å². The number of aromatic carboxylic acids is 1. The van der Waals surface area contributed by atoms with Gasteiger partial charge in [0.2, 0.25) is 0 Å². The van der Waals surface area contributed by atoms with E-state index in [1.165, 1.54) is 0 Å². The molecule has 1 fully saturated rings. The lowest BCUT2D eigenvalue weighted by molar-refractivity contribution is 0.00578. The lowest BCUT2D eigenvalue weighted by Gasteiger charge is -2.32. The van der Waals surface area contributed by atoms with Gasteiger partial charge in [-0.25, -0.2) is 4.79 Å². The third-order valence-corrected chi connectivity index (χ3v) is 3.94. The lowest BCUT2D eigenvalue weighted by Crippen LogP contribution is -2.41. The fourth-order valence-electron chi connectivity index (χ4n) is 2.04. The first-order chi connectivity index (χ1) is 8.64. The van der Waals surface area contributed by atoms with Crippen LogP contribution in [-0.2, 0) is 9.31 Å². The normalized spacial score (nSPS) is 20.6. The van der Waals surface area contributed by atoms with Crippen LogP contribution in [0.2, 0.25) is 0 Å². The largest absolute Gasteiger partial charge is 0.495 e. The van der Waals surface area contributed by atoms with Crippen molar-refractivity contribution in [2.75, 3.05) is 0 Å². The predicted molar refractivity (Wildman–Crippen MR) is 73.9 cm³/mol. The summed E-state index contributed by atoms with van der Waals surface area (Å²) in [6, 6.07) is 5.18. The van der Waals surface area contributed by atoms with Crippen LogP contribution in [0.25, 0.3) is 0 Å². The van der Waals surface area contributed by atoms with Gasteiger partial charge in [0, 0.05) is 0 Å². The maximum atomic E-state index is 11.3. The zero-order valence-electron chi connectivity index (χ0n) is 12.0. The second-order valence-electron chi connectivity index (χ2n) is 5.98. The van der Waals surface area contributed by atoms with E-state index < -0.39 is 24.3 Å². The Bertz CT molecular complexity index is 506. The smallest absolute Gasteiger partial charge is 0.478 e. The molecule has 0 atom stereocenters. The molecular formula is C14H19BO4. The van der Waals surface area contributed by atoms with Gasteiger partial charge in [0.1, 0.15) is 0 Å². The topological polar surface area (TPSA) is 55.8 Å². The highest BCUT2D eigenvalue weighted by molar-refractivity contribution is 6.63. The first kappa shape index (κ1) is 14.1. The molecule has 1 aromatic carbocycles. The van der Waals surface area contributed by atoms with Crippen LogP contribution < -0.4 is 5.46 Å². The van der Waals surface area contributed by atoms with Crippen LogP contribution in [0.15, 0.2) is 18.2 Å². The van der Waals surface area contributed by atoms with Crippen molar-refractivity contribution in [3.8, 4) is 0 Å².